The normalized spacial score (nSPS) is 14.2. The molecule has 0 unspecified atom stereocenters. The van der Waals surface area contributed by atoms with Crippen molar-refractivity contribution in [3.8, 4) is 0 Å². The lowest BCUT2D eigenvalue weighted by Gasteiger charge is -2.22. The quantitative estimate of drug-likeness (QED) is 0.604. The first kappa shape index (κ1) is 18.2. The molecule has 2 amide bonds. The van der Waals surface area contributed by atoms with Gasteiger partial charge in [-0.1, -0.05) is 30.3 Å². The second-order valence-corrected chi connectivity index (χ2v) is 7.83. The molecule has 0 saturated carbocycles. The molecule has 0 radical (unpaired) electrons. The van der Waals surface area contributed by atoms with Crippen LogP contribution in [0.15, 0.2) is 71.7 Å². The number of benzene rings is 2. The average molecular weight is 388 g/mol. The third-order valence-electron chi connectivity index (χ3n) is 4.77. The minimum Gasteiger partial charge on any atom is -0.339 e. The number of anilines is 2. The van der Waals surface area contributed by atoms with Crippen molar-refractivity contribution in [2.75, 3.05) is 16.8 Å². The molecule has 0 bridgehead atoms. The van der Waals surface area contributed by atoms with Crippen LogP contribution in [0.5, 0.6) is 0 Å². The summed E-state index contributed by atoms with van der Waals surface area (Å²) in [5.74, 6) is -0.583. The van der Waals surface area contributed by atoms with Gasteiger partial charge in [0.25, 0.3) is 11.8 Å². The Morgan fingerprint density at radius 2 is 1.54 bits per heavy atom. The van der Waals surface area contributed by atoms with E-state index in [1.54, 1.807) is 4.90 Å². The van der Waals surface area contributed by atoms with E-state index >= 15 is 0 Å². The van der Waals surface area contributed by atoms with Crippen molar-refractivity contribution in [1.82, 2.24) is 0 Å². The molecule has 1 aliphatic rings. The van der Waals surface area contributed by atoms with Gasteiger partial charge in [0.1, 0.15) is 5.70 Å². The number of amides is 2. The molecule has 1 aromatic heterocycles. The van der Waals surface area contributed by atoms with Gasteiger partial charge in [0.15, 0.2) is 0 Å². The summed E-state index contributed by atoms with van der Waals surface area (Å²) in [7, 11) is 1.83. The second kappa shape index (κ2) is 7.09. The van der Waals surface area contributed by atoms with Gasteiger partial charge in [-0.3, -0.25) is 9.59 Å². The molecule has 0 spiro atoms. The van der Waals surface area contributed by atoms with Crippen molar-refractivity contribution in [1.29, 1.82) is 0 Å². The number of para-hydroxylation sites is 1. The molecule has 4 rings (SSSR count). The van der Waals surface area contributed by atoms with E-state index in [9.17, 15) is 9.59 Å². The number of carbonyl (C=O) groups is 2. The van der Waals surface area contributed by atoms with E-state index in [4.69, 9.17) is 0 Å². The standard InChI is InChI=1S/C23H20N2O2S/c1-15-12-16(2)14-18(13-15)25-22(26)20(19-10-7-11-28-19)21(23(25)27)24(3)17-8-5-4-6-9-17/h4-14H,1-3H3. The van der Waals surface area contributed by atoms with Crippen molar-refractivity contribution < 1.29 is 9.59 Å². The van der Waals surface area contributed by atoms with Crippen molar-refractivity contribution in [3.05, 3.63) is 87.7 Å². The Morgan fingerprint density at radius 1 is 0.857 bits per heavy atom. The van der Waals surface area contributed by atoms with Gasteiger partial charge in [0, 0.05) is 17.6 Å². The topological polar surface area (TPSA) is 40.6 Å². The first-order valence-corrected chi connectivity index (χ1v) is 9.89. The third-order valence-corrected chi connectivity index (χ3v) is 5.66. The summed E-state index contributed by atoms with van der Waals surface area (Å²) in [5, 5.41) is 1.92. The van der Waals surface area contributed by atoms with E-state index in [0.717, 1.165) is 21.7 Å². The zero-order valence-corrected chi connectivity index (χ0v) is 16.8. The van der Waals surface area contributed by atoms with Gasteiger partial charge in [-0.25, -0.2) is 4.90 Å². The van der Waals surface area contributed by atoms with E-state index in [1.807, 2.05) is 86.9 Å². The fourth-order valence-electron chi connectivity index (χ4n) is 3.57. The van der Waals surface area contributed by atoms with Crippen LogP contribution in [-0.2, 0) is 9.59 Å². The number of hydrogen-bond acceptors (Lipinski definition) is 4. The molecule has 0 saturated heterocycles. The highest BCUT2D eigenvalue weighted by Crippen LogP contribution is 2.37. The summed E-state index contributed by atoms with van der Waals surface area (Å²) in [4.78, 5) is 30.8. The van der Waals surface area contributed by atoms with Crippen LogP contribution in [0.2, 0.25) is 0 Å². The zero-order valence-electron chi connectivity index (χ0n) is 16.0. The molecular formula is C23H20N2O2S. The van der Waals surface area contributed by atoms with Crippen LogP contribution in [0.1, 0.15) is 16.0 Å². The SMILES string of the molecule is Cc1cc(C)cc(N2C(=O)C(c3cccs3)=C(N(C)c3ccccc3)C2=O)c1. The predicted molar refractivity (Wildman–Crippen MR) is 114 cm³/mol. The maximum atomic E-state index is 13.5. The minimum atomic E-state index is -0.301. The molecule has 0 fully saturated rings. The number of thiophene rings is 1. The first-order chi connectivity index (χ1) is 13.5. The average Bonchev–Trinajstić information content (AvgIpc) is 3.27. The smallest absolute Gasteiger partial charge is 0.282 e. The molecule has 0 atom stereocenters. The predicted octanol–water partition coefficient (Wildman–Crippen LogP) is 4.79. The summed E-state index contributed by atoms with van der Waals surface area (Å²) < 4.78 is 0. The summed E-state index contributed by atoms with van der Waals surface area (Å²) in [5.41, 5.74) is 4.34. The molecule has 4 nitrogen and oxygen atoms in total. The molecule has 2 aromatic carbocycles. The third kappa shape index (κ3) is 3.04. The van der Waals surface area contributed by atoms with Crippen molar-refractivity contribution >= 4 is 40.1 Å². The lowest BCUT2D eigenvalue weighted by Crippen LogP contribution is -2.34. The fraction of sp³-hybridized carbons (Fsp3) is 0.130. The van der Waals surface area contributed by atoms with Gasteiger partial charge in [-0.15, -0.1) is 11.3 Å². The molecule has 5 heteroatoms. The van der Waals surface area contributed by atoms with Crippen molar-refractivity contribution in [2.45, 2.75) is 13.8 Å². The van der Waals surface area contributed by atoms with Gasteiger partial charge in [-0.05, 0) is 60.7 Å². The largest absolute Gasteiger partial charge is 0.339 e. The van der Waals surface area contributed by atoms with E-state index < -0.39 is 0 Å². The highest BCUT2D eigenvalue weighted by Gasteiger charge is 2.42. The molecule has 1 aliphatic heterocycles. The summed E-state index contributed by atoms with van der Waals surface area (Å²) in [6.07, 6.45) is 0. The molecule has 140 valence electrons. The highest BCUT2D eigenvalue weighted by molar-refractivity contribution is 7.11. The number of imide groups is 1. The lowest BCUT2D eigenvalue weighted by atomic mass is 10.1. The first-order valence-electron chi connectivity index (χ1n) is 9.01. The van der Waals surface area contributed by atoms with Gasteiger partial charge in [0.05, 0.1) is 11.3 Å². The van der Waals surface area contributed by atoms with Crippen LogP contribution in [0.4, 0.5) is 11.4 Å². The van der Waals surface area contributed by atoms with E-state index in [1.165, 1.54) is 16.2 Å². The lowest BCUT2D eigenvalue weighted by molar-refractivity contribution is -0.120. The van der Waals surface area contributed by atoms with Crippen LogP contribution >= 0.6 is 11.3 Å². The van der Waals surface area contributed by atoms with Crippen LogP contribution in [0, 0.1) is 13.8 Å². The Kier molecular flexibility index (Phi) is 4.61. The Labute approximate surface area is 168 Å². The molecule has 28 heavy (non-hydrogen) atoms. The summed E-state index contributed by atoms with van der Waals surface area (Å²) >= 11 is 1.46. The van der Waals surface area contributed by atoms with E-state index in [2.05, 4.69) is 0 Å². The Morgan fingerprint density at radius 3 is 2.14 bits per heavy atom. The Balaban J connectivity index is 1.87. The maximum Gasteiger partial charge on any atom is 0.282 e. The van der Waals surface area contributed by atoms with Crippen LogP contribution in [0.25, 0.3) is 5.57 Å². The van der Waals surface area contributed by atoms with Crippen molar-refractivity contribution in [2.24, 2.45) is 0 Å². The summed E-state index contributed by atoms with van der Waals surface area (Å²) in [6.45, 7) is 3.93. The minimum absolute atomic E-state index is 0.282. The molecule has 3 aromatic rings. The molecule has 2 heterocycles. The Hall–Kier alpha value is -3.18. The van der Waals surface area contributed by atoms with Crippen LogP contribution in [-0.4, -0.2) is 18.9 Å². The number of nitrogens with zero attached hydrogens (tertiary/aromatic N) is 2. The Bertz CT molecular complexity index is 1060. The molecule has 0 N–H and O–H groups in total. The van der Waals surface area contributed by atoms with Crippen LogP contribution < -0.4 is 9.80 Å². The zero-order chi connectivity index (χ0) is 19.8. The van der Waals surface area contributed by atoms with E-state index in [-0.39, 0.29) is 11.8 Å². The monoisotopic (exact) mass is 388 g/mol. The van der Waals surface area contributed by atoms with Gasteiger partial charge in [0.2, 0.25) is 0 Å². The summed E-state index contributed by atoms with van der Waals surface area (Å²) in [6, 6.07) is 19.2. The number of aryl methyl sites for hydroxylation is 2. The van der Waals surface area contributed by atoms with Gasteiger partial charge < -0.3 is 4.90 Å². The number of hydrogen-bond donors (Lipinski definition) is 0. The highest BCUT2D eigenvalue weighted by atomic mass is 32.1. The van der Waals surface area contributed by atoms with Crippen LogP contribution in [0.3, 0.4) is 0 Å². The van der Waals surface area contributed by atoms with E-state index in [0.29, 0.717) is 17.0 Å². The molecule has 0 aliphatic carbocycles. The number of rotatable bonds is 4. The number of carbonyl (C=O) groups excluding carboxylic acids is 2. The fourth-order valence-corrected chi connectivity index (χ4v) is 4.33. The maximum absolute atomic E-state index is 13.5. The van der Waals surface area contributed by atoms with Gasteiger partial charge >= 0.3 is 0 Å². The van der Waals surface area contributed by atoms with Gasteiger partial charge in [-0.2, -0.15) is 0 Å². The number of likely N-dealkylation sites (N-methyl/N-ethyl adjacent to an activating group) is 1. The molecular weight excluding hydrogens is 368 g/mol. The second-order valence-electron chi connectivity index (χ2n) is 6.89. The van der Waals surface area contributed by atoms with Crippen molar-refractivity contribution in [3.63, 3.8) is 0 Å².